The van der Waals surface area contributed by atoms with Gasteiger partial charge in [0.25, 0.3) is 5.56 Å². The Morgan fingerprint density at radius 2 is 2.00 bits per heavy atom. The molecule has 1 N–H and O–H groups in total. The van der Waals surface area contributed by atoms with Gasteiger partial charge in [0.05, 0.1) is 17.0 Å². The van der Waals surface area contributed by atoms with Gasteiger partial charge in [0, 0.05) is 5.02 Å². The zero-order valence-electron chi connectivity index (χ0n) is 13.5. The number of nitriles is 1. The van der Waals surface area contributed by atoms with E-state index < -0.39 is 5.92 Å². The number of hydrogen-bond donors (Lipinski definition) is 1. The van der Waals surface area contributed by atoms with Gasteiger partial charge in [0.1, 0.15) is 5.82 Å². The third kappa shape index (κ3) is 3.22. The lowest BCUT2D eigenvalue weighted by molar-refractivity contribution is -0.115. The number of nitrogens with zero attached hydrogens (tertiary/aromatic N) is 2. The molecule has 2 fully saturated rings. The predicted molar refractivity (Wildman–Crippen MR) is 94.3 cm³/mol. The van der Waals surface area contributed by atoms with E-state index in [0.29, 0.717) is 27.8 Å². The number of H-pyrrole nitrogens is 1. The lowest BCUT2D eigenvalue weighted by Gasteiger charge is -2.09. The van der Waals surface area contributed by atoms with E-state index in [-0.39, 0.29) is 17.2 Å². The van der Waals surface area contributed by atoms with Crippen LogP contribution in [0.2, 0.25) is 5.02 Å². The molecule has 0 aliphatic heterocycles. The van der Waals surface area contributed by atoms with Crippen molar-refractivity contribution in [2.24, 2.45) is 11.8 Å². The molecule has 2 aromatic rings. The third-order valence-corrected chi connectivity index (χ3v) is 5.02. The van der Waals surface area contributed by atoms with Gasteiger partial charge >= 0.3 is 0 Å². The van der Waals surface area contributed by atoms with Crippen LogP contribution in [0.5, 0.6) is 0 Å². The Balaban J connectivity index is 1.72. The van der Waals surface area contributed by atoms with Crippen LogP contribution in [0.1, 0.15) is 37.4 Å². The minimum Gasteiger partial charge on any atom is -0.308 e. The Morgan fingerprint density at radius 3 is 2.60 bits per heavy atom. The van der Waals surface area contributed by atoms with Crippen molar-refractivity contribution in [2.75, 3.05) is 0 Å². The van der Waals surface area contributed by atoms with Gasteiger partial charge < -0.3 is 4.98 Å². The average molecular weight is 354 g/mol. The SMILES string of the molecule is N#C[C@@H](C(=O)C=C(C1CC1)C1CC1)c1nc2cc(Cl)ccc2c(=O)[nH]1. The summed E-state index contributed by atoms with van der Waals surface area (Å²) in [5.41, 5.74) is 1.18. The molecule has 25 heavy (non-hydrogen) atoms. The molecule has 2 aliphatic rings. The van der Waals surface area contributed by atoms with E-state index in [2.05, 4.69) is 9.97 Å². The normalized spacial score (nSPS) is 17.8. The summed E-state index contributed by atoms with van der Waals surface area (Å²) in [6, 6.07) is 6.73. The minimum atomic E-state index is -1.11. The highest BCUT2D eigenvalue weighted by atomic mass is 35.5. The average Bonchev–Trinajstić information content (AvgIpc) is 3.47. The molecular weight excluding hydrogens is 338 g/mol. The molecule has 1 heterocycles. The van der Waals surface area contributed by atoms with Crippen molar-refractivity contribution < 1.29 is 4.79 Å². The fourth-order valence-corrected chi connectivity index (χ4v) is 3.34. The Labute approximate surface area is 149 Å². The fraction of sp³-hybridized carbons (Fsp3) is 0.368. The summed E-state index contributed by atoms with van der Waals surface area (Å²) in [5, 5.41) is 10.3. The minimum absolute atomic E-state index is 0.0782. The summed E-state index contributed by atoms with van der Waals surface area (Å²) in [4.78, 5) is 31.8. The lowest BCUT2D eigenvalue weighted by atomic mass is 9.98. The maximum Gasteiger partial charge on any atom is 0.258 e. The molecule has 6 heteroatoms. The Kier molecular flexibility index (Phi) is 3.93. The molecule has 1 aromatic heterocycles. The van der Waals surface area contributed by atoms with E-state index in [1.165, 1.54) is 5.57 Å². The smallest absolute Gasteiger partial charge is 0.258 e. The largest absolute Gasteiger partial charge is 0.308 e. The van der Waals surface area contributed by atoms with Crippen LogP contribution in [0.15, 0.2) is 34.6 Å². The van der Waals surface area contributed by atoms with Crippen molar-refractivity contribution in [1.82, 2.24) is 9.97 Å². The van der Waals surface area contributed by atoms with Crippen molar-refractivity contribution >= 4 is 28.3 Å². The first-order valence-corrected chi connectivity index (χ1v) is 8.79. The molecule has 2 aliphatic carbocycles. The van der Waals surface area contributed by atoms with Crippen LogP contribution < -0.4 is 5.56 Å². The maximum atomic E-state index is 12.7. The van der Waals surface area contributed by atoms with Crippen molar-refractivity contribution in [3.8, 4) is 6.07 Å². The number of halogens is 1. The topological polar surface area (TPSA) is 86.6 Å². The molecule has 0 bridgehead atoms. The molecule has 4 rings (SSSR count). The first-order chi connectivity index (χ1) is 12.1. The number of hydrogen-bond acceptors (Lipinski definition) is 4. The van der Waals surface area contributed by atoms with Crippen molar-refractivity contribution in [3.63, 3.8) is 0 Å². The van der Waals surface area contributed by atoms with Crippen LogP contribution in [0.3, 0.4) is 0 Å². The number of allylic oxidation sites excluding steroid dienone is 2. The van der Waals surface area contributed by atoms with Gasteiger partial charge in [-0.15, -0.1) is 0 Å². The van der Waals surface area contributed by atoms with Gasteiger partial charge in [0.15, 0.2) is 11.7 Å². The maximum absolute atomic E-state index is 12.7. The Bertz CT molecular complexity index is 980. The second-order valence-electron chi connectivity index (χ2n) is 6.77. The van der Waals surface area contributed by atoms with Crippen molar-refractivity contribution in [2.45, 2.75) is 31.6 Å². The molecule has 0 spiro atoms. The van der Waals surface area contributed by atoms with Crippen LogP contribution >= 0.6 is 11.6 Å². The Hall–Kier alpha value is -2.45. The van der Waals surface area contributed by atoms with Crippen molar-refractivity contribution in [1.29, 1.82) is 5.26 Å². The standard InChI is InChI=1S/C19H16ClN3O2/c20-12-5-6-13-16(7-12)22-18(23-19(13)25)15(9-21)17(24)8-14(10-1-2-10)11-3-4-11/h5-8,10-11,15H,1-4H2,(H,22,23,25)/t15-/m0/s1. The number of carbonyl (C=O) groups excluding carboxylic acids is 1. The fourth-order valence-electron chi connectivity index (χ4n) is 3.18. The van der Waals surface area contributed by atoms with Crippen LogP contribution in [-0.2, 0) is 4.79 Å². The molecule has 0 unspecified atom stereocenters. The molecular formula is C19H16ClN3O2. The summed E-state index contributed by atoms with van der Waals surface area (Å²) in [5.74, 6) is -0.338. The molecule has 5 nitrogen and oxygen atoms in total. The summed E-state index contributed by atoms with van der Waals surface area (Å²) in [7, 11) is 0. The summed E-state index contributed by atoms with van der Waals surface area (Å²) in [6.07, 6.45) is 6.12. The highest BCUT2D eigenvalue weighted by Gasteiger charge is 2.37. The number of fused-ring (bicyclic) bond motifs is 1. The number of ketones is 1. The summed E-state index contributed by atoms with van der Waals surface area (Å²) < 4.78 is 0. The molecule has 1 atom stereocenters. The van der Waals surface area contributed by atoms with E-state index in [4.69, 9.17) is 11.6 Å². The van der Waals surface area contributed by atoms with Gasteiger partial charge in [-0.2, -0.15) is 5.26 Å². The lowest BCUT2D eigenvalue weighted by Crippen LogP contribution is -2.19. The van der Waals surface area contributed by atoms with Crippen LogP contribution in [0, 0.1) is 23.2 Å². The highest BCUT2D eigenvalue weighted by molar-refractivity contribution is 6.31. The summed E-state index contributed by atoms with van der Waals surface area (Å²) in [6.45, 7) is 0. The number of benzene rings is 1. The second-order valence-corrected chi connectivity index (χ2v) is 7.21. The van der Waals surface area contributed by atoms with Crippen LogP contribution in [0.4, 0.5) is 0 Å². The zero-order chi connectivity index (χ0) is 17.6. The monoisotopic (exact) mass is 353 g/mol. The van der Waals surface area contributed by atoms with E-state index in [1.54, 1.807) is 24.3 Å². The van der Waals surface area contributed by atoms with E-state index in [1.807, 2.05) is 6.07 Å². The molecule has 0 amide bonds. The first kappa shape index (κ1) is 16.0. The highest BCUT2D eigenvalue weighted by Crippen LogP contribution is 2.48. The number of aromatic nitrogens is 2. The van der Waals surface area contributed by atoms with Gasteiger partial charge in [-0.25, -0.2) is 4.98 Å². The van der Waals surface area contributed by atoms with Gasteiger partial charge in [-0.05, 0) is 61.8 Å². The number of aromatic amines is 1. The first-order valence-electron chi connectivity index (χ1n) is 8.41. The van der Waals surface area contributed by atoms with Gasteiger partial charge in [-0.1, -0.05) is 17.2 Å². The third-order valence-electron chi connectivity index (χ3n) is 4.78. The predicted octanol–water partition coefficient (Wildman–Crippen LogP) is 3.50. The van der Waals surface area contributed by atoms with Gasteiger partial charge in [-0.3, -0.25) is 9.59 Å². The van der Waals surface area contributed by atoms with E-state index >= 15 is 0 Å². The molecule has 0 radical (unpaired) electrons. The zero-order valence-corrected chi connectivity index (χ0v) is 14.2. The Morgan fingerprint density at radius 1 is 1.32 bits per heavy atom. The quantitative estimate of drug-likeness (QED) is 0.833. The molecule has 126 valence electrons. The van der Waals surface area contributed by atoms with Crippen LogP contribution in [0.25, 0.3) is 10.9 Å². The molecule has 0 saturated heterocycles. The molecule has 1 aromatic carbocycles. The van der Waals surface area contributed by atoms with E-state index in [0.717, 1.165) is 25.7 Å². The van der Waals surface area contributed by atoms with E-state index in [9.17, 15) is 14.9 Å². The number of carbonyl (C=O) groups is 1. The summed E-state index contributed by atoms with van der Waals surface area (Å²) >= 11 is 5.96. The number of rotatable bonds is 5. The second kappa shape index (κ2) is 6.12. The van der Waals surface area contributed by atoms with Crippen molar-refractivity contribution in [3.05, 3.63) is 51.0 Å². The van der Waals surface area contributed by atoms with Crippen LogP contribution in [-0.4, -0.2) is 15.8 Å². The van der Waals surface area contributed by atoms with Gasteiger partial charge in [0.2, 0.25) is 0 Å². The molecule has 2 saturated carbocycles. The number of nitrogens with one attached hydrogen (secondary N) is 1.